The normalized spacial score (nSPS) is 17.7. The van der Waals surface area contributed by atoms with Crippen LogP contribution in [0.5, 0.6) is 0 Å². The van der Waals surface area contributed by atoms with Crippen molar-refractivity contribution in [2.45, 2.75) is 45.2 Å². The van der Waals surface area contributed by atoms with E-state index in [-0.39, 0.29) is 5.91 Å². The molecule has 0 aromatic heterocycles. The maximum atomic E-state index is 12.5. The Kier molecular flexibility index (Phi) is 6.63. The third-order valence-corrected chi connectivity index (χ3v) is 6.26. The summed E-state index contributed by atoms with van der Waals surface area (Å²) >= 11 is 0. The molecule has 1 N–H and O–H groups in total. The lowest BCUT2D eigenvalue weighted by Crippen LogP contribution is -2.43. The third-order valence-electron chi connectivity index (χ3n) is 6.26. The van der Waals surface area contributed by atoms with Crippen LogP contribution in [-0.4, -0.2) is 48.9 Å². The maximum Gasteiger partial charge on any atom is 0.224 e. The first kappa shape index (κ1) is 20.1. The molecule has 1 heterocycles. The molecule has 0 radical (unpaired) electrons. The van der Waals surface area contributed by atoms with Crippen LogP contribution in [0.2, 0.25) is 0 Å². The number of piperazine rings is 1. The van der Waals surface area contributed by atoms with Crippen molar-refractivity contribution in [3.63, 3.8) is 0 Å². The Hall–Kier alpha value is -2.17. The summed E-state index contributed by atoms with van der Waals surface area (Å²) in [6.45, 7) is 6.11. The molecule has 4 rings (SSSR count). The fraction of sp³-hybridized carbons (Fsp3) is 0.480. The molecule has 1 fully saturated rings. The number of carbonyl (C=O) groups is 1. The van der Waals surface area contributed by atoms with E-state index in [1.165, 1.54) is 41.5 Å². The van der Waals surface area contributed by atoms with Crippen molar-refractivity contribution in [2.24, 2.45) is 0 Å². The molecule has 29 heavy (non-hydrogen) atoms. The molecule has 154 valence electrons. The van der Waals surface area contributed by atoms with Gasteiger partial charge in [-0.2, -0.15) is 0 Å². The minimum absolute atomic E-state index is 0.102. The number of hydrogen-bond donors (Lipinski definition) is 1. The summed E-state index contributed by atoms with van der Waals surface area (Å²) in [4.78, 5) is 17.4. The molecule has 0 bridgehead atoms. The number of amides is 1. The van der Waals surface area contributed by atoms with Gasteiger partial charge in [0.2, 0.25) is 5.91 Å². The quantitative estimate of drug-likeness (QED) is 0.822. The summed E-state index contributed by atoms with van der Waals surface area (Å²) in [6.07, 6.45) is 5.37. The molecule has 4 heteroatoms. The molecule has 0 atom stereocenters. The van der Waals surface area contributed by atoms with Gasteiger partial charge in [-0.15, -0.1) is 0 Å². The van der Waals surface area contributed by atoms with Gasteiger partial charge in [-0.3, -0.25) is 9.69 Å². The van der Waals surface area contributed by atoms with E-state index in [9.17, 15) is 4.79 Å². The van der Waals surface area contributed by atoms with Crippen molar-refractivity contribution >= 4 is 5.91 Å². The molecule has 1 amide bonds. The smallest absolute Gasteiger partial charge is 0.224 e. The molecule has 0 saturated carbocycles. The zero-order valence-corrected chi connectivity index (χ0v) is 17.6. The Morgan fingerprint density at radius 1 is 0.897 bits per heavy atom. The van der Waals surface area contributed by atoms with Crippen LogP contribution in [0.1, 0.15) is 40.7 Å². The number of likely N-dealkylation sites (N-methyl/N-ethyl adjacent to an activating group) is 1. The number of carbonyl (C=O) groups excluding carboxylic acids is 1. The van der Waals surface area contributed by atoms with Crippen LogP contribution in [0, 0.1) is 0 Å². The predicted octanol–water partition coefficient (Wildman–Crippen LogP) is 3.17. The SMILES string of the molecule is CN1CCN(Cc2cccc(CNC(=O)Cc3ccc4c(c3)CCCC4)c2)CC1. The van der Waals surface area contributed by atoms with Crippen LogP contribution in [0.3, 0.4) is 0 Å². The number of fused-ring (bicyclic) bond motifs is 1. The Morgan fingerprint density at radius 2 is 1.66 bits per heavy atom. The molecule has 2 aromatic carbocycles. The summed E-state index contributed by atoms with van der Waals surface area (Å²) in [5, 5.41) is 3.10. The second-order valence-corrected chi connectivity index (χ2v) is 8.66. The molecule has 4 nitrogen and oxygen atoms in total. The van der Waals surface area contributed by atoms with Gasteiger partial charge in [0.15, 0.2) is 0 Å². The van der Waals surface area contributed by atoms with Gasteiger partial charge in [-0.05, 0) is 60.5 Å². The van der Waals surface area contributed by atoms with Crippen LogP contribution < -0.4 is 5.32 Å². The van der Waals surface area contributed by atoms with Crippen molar-refractivity contribution in [3.8, 4) is 0 Å². The van der Waals surface area contributed by atoms with E-state index in [0.29, 0.717) is 13.0 Å². The van der Waals surface area contributed by atoms with Gasteiger partial charge in [0.1, 0.15) is 0 Å². The molecule has 2 aromatic rings. The molecule has 0 spiro atoms. The van der Waals surface area contributed by atoms with Gasteiger partial charge < -0.3 is 10.2 Å². The van der Waals surface area contributed by atoms with E-state index in [1.807, 2.05) is 0 Å². The van der Waals surface area contributed by atoms with Crippen molar-refractivity contribution in [1.82, 2.24) is 15.1 Å². The standard InChI is InChI=1S/C25H33N3O/c1-27-11-13-28(14-12-27)19-22-6-4-5-21(15-22)18-26-25(29)17-20-9-10-23-7-2-3-8-24(23)16-20/h4-6,9-10,15-16H,2-3,7-8,11-14,17-19H2,1H3,(H,26,29). The number of rotatable bonds is 6. The largest absolute Gasteiger partial charge is 0.352 e. The van der Waals surface area contributed by atoms with Crippen LogP contribution in [0.4, 0.5) is 0 Å². The highest BCUT2D eigenvalue weighted by atomic mass is 16.1. The molecule has 0 unspecified atom stereocenters. The Morgan fingerprint density at radius 3 is 2.48 bits per heavy atom. The van der Waals surface area contributed by atoms with Gasteiger partial charge in [-0.25, -0.2) is 0 Å². The lowest BCUT2D eigenvalue weighted by atomic mass is 9.90. The predicted molar refractivity (Wildman–Crippen MR) is 118 cm³/mol. The first-order valence-electron chi connectivity index (χ1n) is 11.0. The molecule has 1 aliphatic carbocycles. The van der Waals surface area contributed by atoms with E-state index in [2.05, 4.69) is 64.6 Å². The van der Waals surface area contributed by atoms with Crippen molar-refractivity contribution in [3.05, 3.63) is 70.3 Å². The van der Waals surface area contributed by atoms with Crippen molar-refractivity contribution < 1.29 is 4.79 Å². The Bertz CT molecular complexity index is 840. The van der Waals surface area contributed by atoms with E-state index in [1.54, 1.807) is 0 Å². The van der Waals surface area contributed by atoms with Crippen LogP contribution >= 0.6 is 0 Å². The van der Waals surface area contributed by atoms with E-state index in [4.69, 9.17) is 0 Å². The van der Waals surface area contributed by atoms with Gasteiger partial charge in [0.05, 0.1) is 6.42 Å². The molecule has 1 saturated heterocycles. The van der Waals surface area contributed by atoms with Crippen molar-refractivity contribution in [1.29, 1.82) is 0 Å². The average Bonchev–Trinajstić information content (AvgIpc) is 2.74. The van der Waals surface area contributed by atoms with E-state index >= 15 is 0 Å². The van der Waals surface area contributed by atoms with E-state index in [0.717, 1.165) is 44.7 Å². The fourth-order valence-electron chi connectivity index (χ4n) is 4.45. The second kappa shape index (κ2) is 9.55. The van der Waals surface area contributed by atoms with Crippen molar-refractivity contribution in [2.75, 3.05) is 33.2 Å². The topological polar surface area (TPSA) is 35.6 Å². The third kappa shape index (κ3) is 5.68. The molecule has 1 aliphatic heterocycles. The second-order valence-electron chi connectivity index (χ2n) is 8.66. The number of nitrogens with zero attached hydrogens (tertiary/aromatic N) is 2. The van der Waals surface area contributed by atoms with E-state index < -0.39 is 0 Å². The highest BCUT2D eigenvalue weighted by Crippen LogP contribution is 2.22. The minimum Gasteiger partial charge on any atom is -0.352 e. The molecule has 2 aliphatic rings. The maximum absolute atomic E-state index is 12.5. The summed E-state index contributed by atoms with van der Waals surface area (Å²) in [5.74, 6) is 0.102. The number of aryl methyl sites for hydroxylation is 2. The van der Waals surface area contributed by atoms with Gasteiger partial charge >= 0.3 is 0 Å². The first-order chi connectivity index (χ1) is 14.2. The number of benzene rings is 2. The van der Waals surface area contributed by atoms with Crippen LogP contribution in [0.15, 0.2) is 42.5 Å². The highest BCUT2D eigenvalue weighted by Gasteiger charge is 2.14. The van der Waals surface area contributed by atoms with Gasteiger partial charge in [-0.1, -0.05) is 42.5 Å². The lowest BCUT2D eigenvalue weighted by Gasteiger charge is -2.32. The molecular formula is C25H33N3O. The first-order valence-corrected chi connectivity index (χ1v) is 11.0. The zero-order valence-electron chi connectivity index (χ0n) is 17.6. The highest BCUT2D eigenvalue weighted by molar-refractivity contribution is 5.78. The average molecular weight is 392 g/mol. The summed E-state index contributed by atoms with van der Waals surface area (Å²) in [6, 6.07) is 15.2. The number of hydrogen-bond acceptors (Lipinski definition) is 3. The summed E-state index contributed by atoms with van der Waals surface area (Å²) in [7, 11) is 2.19. The van der Waals surface area contributed by atoms with Gasteiger partial charge in [0.25, 0.3) is 0 Å². The minimum atomic E-state index is 0.102. The Labute approximate surface area is 174 Å². The fourth-order valence-corrected chi connectivity index (χ4v) is 4.45. The molecular weight excluding hydrogens is 358 g/mol. The lowest BCUT2D eigenvalue weighted by molar-refractivity contribution is -0.120. The monoisotopic (exact) mass is 391 g/mol. The summed E-state index contributed by atoms with van der Waals surface area (Å²) in [5.41, 5.74) is 6.55. The van der Waals surface area contributed by atoms with Crippen LogP contribution in [-0.2, 0) is 37.1 Å². The van der Waals surface area contributed by atoms with Crippen LogP contribution in [0.25, 0.3) is 0 Å². The number of nitrogens with one attached hydrogen (secondary N) is 1. The Balaban J connectivity index is 1.28. The van der Waals surface area contributed by atoms with Gasteiger partial charge in [0, 0.05) is 39.3 Å². The summed E-state index contributed by atoms with van der Waals surface area (Å²) < 4.78 is 0. The zero-order chi connectivity index (χ0) is 20.1.